The molecule has 0 amide bonds. The highest BCUT2D eigenvalue weighted by Gasteiger charge is 2.25. The van der Waals surface area contributed by atoms with Crippen LogP contribution in [0.15, 0.2) is 267 Å². The SMILES string of the molecule is C=C(C)c1c2ccccc2c(C)c2ccccc12.C=C(C)c1cccc(-c2ccc(-c3ccccc3)cc2)c1.C=C(C)c1ccccc1.CC.CC.CC1=C(C2=C(c3ccccc3)C(C)=C(c3ccccc3C)CC2)CCC=C1. The lowest BCUT2D eigenvalue weighted by atomic mass is 9.75. The van der Waals surface area contributed by atoms with Crippen LogP contribution in [0.4, 0.5) is 0 Å². The van der Waals surface area contributed by atoms with Gasteiger partial charge in [-0.3, -0.25) is 0 Å². The Morgan fingerprint density at radius 2 is 0.797 bits per heavy atom. The molecule has 0 radical (unpaired) electrons. The topological polar surface area (TPSA) is 0 Å². The van der Waals surface area contributed by atoms with E-state index in [0.29, 0.717) is 0 Å². The van der Waals surface area contributed by atoms with Crippen molar-refractivity contribution in [2.45, 2.75) is 102 Å². The predicted molar refractivity (Wildman–Crippen MR) is 354 cm³/mol. The van der Waals surface area contributed by atoms with Crippen LogP contribution in [0.1, 0.15) is 127 Å². The van der Waals surface area contributed by atoms with Gasteiger partial charge in [-0.25, -0.2) is 0 Å². The van der Waals surface area contributed by atoms with E-state index in [1.165, 1.54) is 111 Å². The van der Waals surface area contributed by atoms with Crippen LogP contribution in [0.25, 0.3) is 71.7 Å². The summed E-state index contributed by atoms with van der Waals surface area (Å²) in [6.45, 7) is 35.2. The van der Waals surface area contributed by atoms with Crippen molar-refractivity contribution in [3.63, 3.8) is 0 Å². The van der Waals surface area contributed by atoms with Crippen molar-refractivity contribution in [3.05, 3.63) is 305 Å². The van der Waals surface area contributed by atoms with Gasteiger partial charge < -0.3 is 0 Å². The van der Waals surface area contributed by atoms with Gasteiger partial charge in [-0.2, -0.15) is 0 Å². The van der Waals surface area contributed by atoms with Crippen LogP contribution in [0, 0.1) is 13.8 Å². The molecule has 0 heteroatoms. The Labute approximate surface area is 476 Å². The van der Waals surface area contributed by atoms with Crippen LogP contribution >= 0.6 is 0 Å². The van der Waals surface area contributed by atoms with Crippen LogP contribution in [0.2, 0.25) is 0 Å². The molecule has 0 saturated carbocycles. The van der Waals surface area contributed by atoms with Gasteiger partial charge in [0.2, 0.25) is 0 Å². The maximum Gasteiger partial charge on any atom is -0.00758 e. The van der Waals surface area contributed by atoms with E-state index in [1.807, 2.05) is 65.8 Å². The summed E-state index contributed by atoms with van der Waals surface area (Å²) in [5, 5.41) is 5.27. The van der Waals surface area contributed by atoms with Crippen molar-refractivity contribution in [1.82, 2.24) is 0 Å². The van der Waals surface area contributed by atoms with E-state index in [1.54, 1.807) is 11.1 Å². The summed E-state index contributed by atoms with van der Waals surface area (Å²) in [5.41, 5.74) is 26.5. The predicted octanol–water partition coefficient (Wildman–Crippen LogP) is 23.8. The molecule has 9 aromatic rings. The van der Waals surface area contributed by atoms with Gasteiger partial charge >= 0.3 is 0 Å². The normalized spacial score (nSPS) is 12.5. The van der Waals surface area contributed by atoms with Crippen molar-refractivity contribution in [2.75, 3.05) is 0 Å². The number of fused-ring (bicyclic) bond motifs is 2. The van der Waals surface area contributed by atoms with Gasteiger partial charge in [0.1, 0.15) is 0 Å². The third-order valence-electron chi connectivity index (χ3n) is 14.6. The number of aryl methyl sites for hydroxylation is 2. The Balaban J connectivity index is 0.000000175. The number of rotatable bonds is 8. The average Bonchev–Trinajstić information content (AvgIpc) is 3.58. The molecule has 0 aromatic heterocycles. The van der Waals surface area contributed by atoms with Crippen molar-refractivity contribution in [2.24, 2.45) is 0 Å². The third-order valence-corrected chi connectivity index (χ3v) is 14.6. The zero-order valence-electron chi connectivity index (χ0n) is 49.3. The van der Waals surface area contributed by atoms with Gasteiger partial charge in [0, 0.05) is 0 Å². The molecule has 0 bridgehead atoms. The van der Waals surface area contributed by atoms with Gasteiger partial charge in [0.25, 0.3) is 0 Å². The standard InChI is InChI=1S/C27H28.C21H18.C18H16.C9H10.2C2H6/c1-19-11-7-9-15-23(19)25-17-18-26(24-16-10-8-12-20(24)2)27(21(25)3)22-13-5-4-6-14-22;1-16(2)20-9-6-10-21(15-20)19-13-11-18(12-14-19)17-7-4-3-5-8-17;1-12(2)18-16-10-6-4-8-14(16)13(3)15-9-5-7-11-17(15)18;1-8(2)9-6-4-3-5-7-9;2*1-2/h4-9,11-15H,10,16-18H2,1-3H3;3-15H,1H2,2H3;4-11H,1H2,2-3H3;3-7H,1H2,2H3;2*1-2H3. The summed E-state index contributed by atoms with van der Waals surface area (Å²) in [6, 6.07) is 74.9. The lowest BCUT2D eigenvalue weighted by Gasteiger charge is -2.29. The fraction of sp³-hybridized carbons (Fsp3) is 0.190. The van der Waals surface area contributed by atoms with Gasteiger partial charge in [-0.1, -0.05) is 277 Å². The zero-order chi connectivity index (χ0) is 56.8. The van der Waals surface area contributed by atoms with Crippen LogP contribution in [-0.4, -0.2) is 0 Å². The van der Waals surface area contributed by atoms with Gasteiger partial charge in [0.05, 0.1) is 0 Å². The fourth-order valence-electron chi connectivity index (χ4n) is 10.6. The Morgan fingerprint density at radius 3 is 1.30 bits per heavy atom. The molecule has 0 heterocycles. The minimum atomic E-state index is 1.10. The minimum Gasteiger partial charge on any atom is -0.0955 e. The van der Waals surface area contributed by atoms with Gasteiger partial charge in [0.15, 0.2) is 0 Å². The molecule has 79 heavy (non-hydrogen) atoms. The lowest BCUT2D eigenvalue weighted by molar-refractivity contribution is 0.889. The van der Waals surface area contributed by atoms with Crippen LogP contribution < -0.4 is 0 Å². The molecule has 0 spiro atoms. The largest absolute Gasteiger partial charge is 0.0955 e. The first-order valence-corrected chi connectivity index (χ1v) is 28.5. The quantitative estimate of drug-likeness (QED) is 0.133. The second-order valence-corrected chi connectivity index (χ2v) is 20.1. The Hall–Kier alpha value is -8.32. The van der Waals surface area contributed by atoms with E-state index < -0.39 is 0 Å². The Bertz CT molecular complexity index is 3550. The second kappa shape index (κ2) is 30.0. The monoisotopic (exact) mass is 1030 g/mol. The molecule has 0 atom stereocenters. The van der Waals surface area contributed by atoms with E-state index >= 15 is 0 Å². The summed E-state index contributed by atoms with van der Waals surface area (Å²) in [5.74, 6) is 0. The van der Waals surface area contributed by atoms with Crippen LogP contribution in [0.3, 0.4) is 0 Å². The molecule has 0 aliphatic heterocycles. The molecular formula is C79H84. The molecule has 2 aliphatic carbocycles. The first-order chi connectivity index (χ1) is 38.4. The zero-order valence-corrected chi connectivity index (χ0v) is 49.3. The maximum absolute atomic E-state index is 4.16. The molecule has 0 fully saturated rings. The molecule has 0 saturated heterocycles. The second-order valence-electron chi connectivity index (χ2n) is 20.1. The molecule has 0 nitrogen and oxygen atoms in total. The molecule has 0 N–H and O–H groups in total. The van der Waals surface area contributed by atoms with Gasteiger partial charge in [-0.15, -0.1) is 0 Å². The van der Waals surface area contributed by atoms with E-state index in [0.717, 1.165) is 36.0 Å². The van der Waals surface area contributed by atoms with Gasteiger partial charge in [-0.05, 0) is 202 Å². The lowest BCUT2D eigenvalue weighted by Crippen LogP contribution is -2.08. The highest BCUT2D eigenvalue weighted by molar-refractivity contribution is 6.11. The van der Waals surface area contributed by atoms with Crippen LogP contribution in [0.5, 0.6) is 0 Å². The fourth-order valence-corrected chi connectivity index (χ4v) is 10.6. The molecule has 2 aliphatic rings. The summed E-state index contributed by atoms with van der Waals surface area (Å²) in [6.07, 6.45) is 9.21. The van der Waals surface area contributed by atoms with Crippen LogP contribution in [-0.2, 0) is 0 Å². The third kappa shape index (κ3) is 15.2. The number of hydrogen-bond acceptors (Lipinski definition) is 0. The van der Waals surface area contributed by atoms with Crippen molar-refractivity contribution < 1.29 is 0 Å². The molecule has 9 aromatic carbocycles. The summed E-state index contributed by atoms with van der Waals surface area (Å²) >= 11 is 0. The number of benzene rings is 9. The minimum absolute atomic E-state index is 1.10. The van der Waals surface area contributed by atoms with E-state index in [2.05, 4.69) is 255 Å². The first-order valence-electron chi connectivity index (χ1n) is 28.5. The Kier molecular flexibility index (Phi) is 22.7. The molecule has 400 valence electrons. The average molecular weight is 1030 g/mol. The molecule has 0 unspecified atom stereocenters. The van der Waals surface area contributed by atoms with E-state index in [4.69, 9.17) is 0 Å². The highest BCUT2D eigenvalue weighted by atomic mass is 14.3. The Morgan fingerprint density at radius 1 is 0.367 bits per heavy atom. The van der Waals surface area contributed by atoms with Crippen molar-refractivity contribution in [1.29, 1.82) is 0 Å². The van der Waals surface area contributed by atoms with Crippen molar-refractivity contribution in [3.8, 4) is 22.3 Å². The maximum atomic E-state index is 4.16. The van der Waals surface area contributed by atoms with E-state index in [-0.39, 0.29) is 0 Å². The van der Waals surface area contributed by atoms with E-state index in [9.17, 15) is 0 Å². The first kappa shape index (κ1) is 59.9. The van der Waals surface area contributed by atoms with Crippen molar-refractivity contribution >= 4 is 49.4 Å². The summed E-state index contributed by atoms with van der Waals surface area (Å²) in [7, 11) is 0. The number of allylic oxidation sites excluding steroid dienone is 11. The molecule has 11 rings (SSSR count). The summed E-state index contributed by atoms with van der Waals surface area (Å²) in [4.78, 5) is 0. The smallest absolute Gasteiger partial charge is 0.00758 e. The number of hydrogen-bond donors (Lipinski definition) is 0. The highest BCUT2D eigenvalue weighted by Crippen LogP contribution is 2.46. The summed E-state index contributed by atoms with van der Waals surface area (Å²) < 4.78 is 0. The molecular weight excluding hydrogens is 949 g/mol.